The molecule has 1 aliphatic rings. The van der Waals surface area contributed by atoms with Gasteiger partial charge in [-0.2, -0.15) is 0 Å². The number of rotatable bonds is 5. The zero-order valence-corrected chi connectivity index (χ0v) is 21.7. The number of aromatic nitrogens is 1. The van der Waals surface area contributed by atoms with Crippen LogP contribution in [0.1, 0.15) is 69.0 Å². The number of nitrogens with zero attached hydrogens (tertiary/aromatic N) is 2. The van der Waals surface area contributed by atoms with Crippen LogP contribution in [0.3, 0.4) is 0 Å². The highest BCUT2D eigenvalue weighted by atomic mass is 19.3. The number of halogens is 3. The van der Waals surface area contributed by atoms with Gasteiger partial charge in [0.15, 0.2) is 0 Å². The summed E-state index contributed by atoms with van der Waals surface area (Å²) in [6, 6.07) is 11.4. The number of carbonyl (C=O) groups is 1. The molecule has 196 valence electrons. The van der Waals surface area contributed by atoms with Crippen LogP contribution in [0.25, 0.3) is 16.5 Å². The highest BCUT2D eigenvalue weighted by Crippen LogP contribution is 2.33. The summed E-state index contributed by atoms with van der Waals surface area (Å²) in [6.45, 7) is 10.2. The Bertz CT molecular complexity index is 1350. The molecule has 1 N–H and O–H groups in total. The molecule has 0 saturated heterocycles. The number of anilines is 1. The van der Waals surface area contributed by atoms with Crippen LogP contribution in [-0.4, -0.2) is 34.7 Å². The Balaban J connectivity index is 1.61. The number of hydrogen-bond acceptors (Lipinski definition) is 4. The molecular weight excluding hydrogens is 479 g/mol. The lowest BCUT2D eigenvalue weighted by Crippen LogP contribution is -2.39. The van der Waals surface area contributed by atoms with Gasteiger partial charge in [0, 0.05) is 35.4 Å². The Kier molecular flexibility index (Phi) is 7.48. The van der Waals surface area contributed by atoms with Crippen molar-refractivity contribution in [1.82, 2.24) is 9.88 Å². The normalized spacial score (nSPS) is 15.1. The molecule has 3 aromatic rings. The lowest BCUT2D eigenvalue weighted by Gasteiger charge is -2.29. The van der Waals surface area contributed by atoms with Gasteiger partial charge in [0.2, 0.25) is 0 Å². The smallest absolute Gasteiger partial charge is 0.410 e. The second kappa shape index (κ2) is 10.4. The predicted octanol–water partition coefficient (Wildman–Crippen LogP) is 7.82. The highest BCUT2D eigenvalue weighted by molar-refractivity contribution is 5.94. The van der Waals surface area contributed by atoms with Crippen molar-refractivity contribution in [3.63, 3.8) is 0 Å². The van der Waals surface area contributed by atoms with Gasteiger partial charge in [-0.1, -0.05) is 30.3 Å². The summed E-state index contributed by atoms with van der Waals surface area (Å²) in [6.07, 6.45) is -0.510. The van der Waals surface area contributed by atoms with Gasteiger partial charge in [0.25, 0.3) is 6.43 Å². The average Bonchev–Trinajstić information content (AvgIpc) is 2.82. The van der Waals surface area contributed by atoms with E-state index in [2.05, 4.69) is 10.3 Å². The van der Waals surface area contributed by atoms with Crippen LogP contribution in [0.5, 0.6) is 0 Å². The first kappa shape index (κ1) is 26.5. The maximum atomic E-state index is 14.8. The second-order valence-corrected chi connectivity index (χ2v) is 10.4. The van der Waals surface area contributed by atoms with Crippen molar-refractivity contribution in [1.29, 1.82) is 0 Å². The molecule has 0 bridgehead atoms. The molecular formula is C29H32F3N3O2. The van der Waals surface area contributed by atoms with Crippen molar-refractivity contribution >= 4 is 28.3 Å². The fourth-order valence-electron chi connectivity index (χ4n) is 4.48. The Morgan fingerprint density at radius 1 is 1.14 bits per heavy atom. The first-order chi connectivity index (χ1) is 17.4. The maximum Gasteiger partial charge on any atom is 0.410 e. The van der Waals surface area contributed by atoms with Gasteiger partial charge in [-0.05, 0) is 70.4 Å². The topological polar surface area (TPSA) is 54.5 Å². The average molecular weight is 512 g/mol. The van der Waals surface area contributed by atoms with Gasteiger partial charge >= 0.3 is 6.09 Å². The first-order valence-corrected chi connectivity index (χ1v) is 12.3. The molecule has 1 aromatic heterocycles. The molecule has 1 amide bonds. The van der Waals surface area contributed by atoms with Crippen LogP contribution in [0.15, 0.2) is 48.5 Å². The number of amides is 1. The van der Waals surface area contributed by atoms with Crippen molar-refractivity contribution in [2.45, 2.75) is 59.1 Å². The zero-order valence-electron chi connectivity index (χ0n) is 21.7. The lowest BCUT2D eigenvalue weighted by atomic mass is 9.97. The van der Waals surface area contributed by atoms with Gasteiger partial charge < -0.3 is 15.0 Å². The summed E-state index contributed by atoms with van der Waals surface area (Å²) in [5.74, 6) is -0.893. The Morgan fingerprint density at radius 3 is 2.51 bits per heavy atom. The van der Waals surface area contributed by atoms with E-state index in [1.165, 1.54) is 12.1 Å². The standard InChI is InChI=1S/C29H32F3N3O2/c1-17-15-25(34-18(2)21-7-6-8-22(26(21)30)27(31)32)23-16-20(9-10-24(23)33-17)19-11-13-35(14-12-19)28(36)37-29(3,4)5/h6-11,15-16,18,27H,12-14H2,1-5H3,(H,33,34)/t18-/m1/s1. The fourth-order valence-corrected chi connectivity index (χ4v) is 4.48. The number of carbonyl (C=O) groups excluding carboxylic acids is 1. The van der Waals surface area contributed by atoms with E-state index in [1.807, 2.05) is 58.0 Å². The number of ether oxygens (including phenoxy) is 1. The number of nitrogens with one attached hydrogen (secondary N) is 1. The van der Waals surface area contributed by atoms with Gasteiger partial charge in [0.05, 0.1) is 17.1 Å². The zero-order chi connectivity index (χ0) is 26.9. The largest absolute Gasteiger partial charge is 0.444 e. The highest BCUT2D eigenvalue weighted by Gasteiger charge is 2.24. The van der Waals surface area contributed by atoms with Gasteiger partial charge in [-0.25, -0.2) is 18.0 Å². The van der Waals surface area contributed by atoms with Crippen LogP contribution < -0.4 is 5.32 Å². The molecule has 0 saturated carbocycles. The molecule has 2 heterocycles. The third-order valence-electron chi connectivity index (χ3n) is 6.30. The molecule has 2 aromatic carbocycles. The van der Waals surface area contributed by atoms with Crippen LogP contribution in [-0.2, 0) is 4.74 Å². The van der Waals surface area contributed by atoms with Crippen LogP contribution in [0.4, 0.5) is 23.7 Å². The molecule has 5 nitrogen and oxygen atoms in total. The summed E-state index contributed by atoms with van der Waals surface area (Å²) >= 11 is 0. The molecule has 4 rings (SSSR count). The van der Waals surface area contributed by atoms with Gasteiger partial charge in [-0.3, -0.25) is 4.98 Å². The maximum absolute atomic E-state index is 14.8. The SMILES string of the molecule is Cc1cc(N[C@H](C)c2cccc(C(F)F)c2F)c2cc(C3=CCN(C(=O)OC(C)(C)C)CC3)ccc2n1. The summed E-state index contributed by atoms with van der Waals surface area (Å²) in [7, 11) is 0. The van der Waals surface area contributed by atoms with Crippen molar-refractivity contribution in [2.24, 2.45) is 0 Å². The number of benzene rings is 2. The predicted molar refractivity (Wildman–Crippen MR) is 140 cm³/mol. The number of pyridine rings is 1. The first-order valence-electron chi connectivity index (χ1n) is 12.3. The number of hydrogen-bond donors (Lipinski definition) is 1. The fraction of sp³-hybridized carbons (Fsp3) is 0.379. The summed E-state index contributed by atoms with van der Waals surface area (Å²) in [5.41, 5.74) is 3.43. The van der Waals surface area contributed by atoms with E-state index < -0.39 is 29.4 Å². The Hall–Kier alpha value is -3.55. The van der Waals surface area contributed by atoms with E-state index in [0.717, 1.165) is 39.5 Å². The van der Waals surface area contributed by atoms with E-state index in [1.54, 1.807) is 11.8 Å². The van der Waals surface area contributed by atoms with Crippen molar-refractivity contribution in [3.8, 4) is 0 Å². The minimum Gasteiger partial charge on any atom is -0.444 e. The van der Waals surface area contributed by atoms with Gasteiger partial charge in [0.1, 0.15) is 11.4 Å². The number of fused-ring (bicyclic) bond motifs is 1. The van der Waals surface area contributed by atoms with Crippen molar-refractivity contribution in [3.05, 3.63) is 76.7 Å². The minimum atomic E-state index is -2.88. The molecule has 1 aliphatic heterocycles. The molecule has 0 unspecified atom stereocenters. The Morgan fingerprint density at radius 2 is 1.86 bits per heavy atom. The molecule has 0 spiro atoms. The number of alkyl halides is 2. The third-order valence-corrected chi connectivity index (χ3v) is 6.30. The van der Waals surface area contributed by atoms with Crippen molar-refractivity contribution in [2.75, 3.05) is 18.4 Å². The summed E-state index contributed by atoms with van der Waals surface area (Å²) in [4.78, 5) is 18.7. The van der Waals surface area contributed by atoms with Crippen LogP contribution >= 0.6 is 0 Å². The molecule has 37 heavy (non-hydrogen) atoms. The van der Waals surface area contributed by atoms with E-state index >= 15 is 0 Å². The molecule has 8 heteroatoms. The quantitative estimate of drug-likeness (QED) is 0.379. The summed E-state index contributed by atoms with van der Waals surface area (Å²) < 4.78 is 46.7. The lowest BCUT2D eigenvalue weighted by molar-refractivity contribution is 0.0270. The van der Waals surface area contributed by atoms with E-state index in [4.69, 9.17) is 4.74 Å². The molecule has 0 radical (unpaired) electrons. The second-order valence-electron chi connectivity index (χ2n) is 10.4. The molecule has 0 fully saturated rings. The molecule has 1 atom stereocenters. The number of aryl methyl sites for hydroxylation is 1. The van der Waals surface area contributed by atoms with E-state index in [-0.39, 0.29) is 11.7 Å². The third kappa shape index (κ3) is 6.06. The Labute approximate surface area is 215 Å². The van der Waals surface area contributed by atoms with E-state index in [0.29, 0.717) is 19.5 Å². The van der Waals surface area contributed by atoms with Crippen molar-refractivity contribution < 1.29 is 22.7 Å². The monoisotopic (exact) mass is 511 g/mol. The minimum absolute atomic E-state index is 0.175. The van der Waals surface area contributed by atoms with Gasteiger partial charge in [-0.15, -0.1) is 0 Å². The van der Waals surface area contributed by atoms with Crippen LogP contribution in [0, 0.1) is 12.7 Å². The molecule has 0 aliphatic carbocycles. The summed E-state index contributed by atoms with van der Waals surface area (Å²) in [5, 5.41) is 4.15. The van der Waals surface area contributed by atoms with E-state index in [9.17, 15) is 18.0 Å². The van der Waals surface area contributed by atoms with Crippen LogP contribution in [0.2, 0.25) is 0 Å².